The monoisotopic (exact) mass is 628 g/mol. The van der Waals surface area contributed by atoms with Crippen LogP contribution in [-0.4, -0.2) is 29.6 Å². The van der Waals surface area contributed by atoms with E-state index in [1.165, 1.54) is 0 Å². The van der Waals surface area contributed by atoms with Crippen LogP contribution < -0.4 is 11.1 Å². The maximum Gasteiger partial charge on any atom is 0.326 e. The Labute approximate surface area is 164 Å². The molecule has 0 aliphatic rings. The standard InChI is InChI=1S/C13H15I3N2O3/c14-8-5-4-7(10(15)11(8)16)12(19)18-9(13(20)21)3-1-2-6-17/h4-5,9H,1-3,6,17H2,(H,18,19)(H,20,21). The second kappa shape index (κ2) is 9.45. The zero-order chi connectivity index (χ0) is 16.0. The summed E-state index contributed by atoms with van der Waals surface area (Å²) >= 11 is 6.48. The van der Waals surface area contributed by atoms with E-state index >= 15 is 0 Å². The Hall–Kier alpha value is 0.310. The molecule has 116 valence electrons. The van der Waals surface area contributed by atoms with Gasteiger partial charge in [0.05, 0.1) is 5.56 Å². The highest BCUT2D eigenvalue weighted by atomic mass is 127. The Bertz CT molecular complexity index is 538. The van der Waals surface area contributed by atoms with E-state index < -0.39 is 12.0 Å². The number of carboxylic acids is 1. The maximum atomic E-state index is 12.3. The molecule has 4 N–H and O–H groups in total. The highest BCUT2D eigenvalue weighted by Gasteiger charge is 2.22. The van der Waals surface area contributed by atoms with Crippen molar-refractivity contribution in [1.29, 1.82) is 0 Å². The van der Waals surface area contributed by atoms with Crippen molar-refractivity contribution in [2.75, 3.05) is 6.54 Å². The molecule has 0 spiro atoms. The number of nitrogens with two attached hydrogens (primary N) is 1. The van der Waals surface area contributed by atoms with E-state index in [2.05, 4.69) is 73.1 Å². The molecule has 0 saturated heterocycles. The number of benzene rings is 1. The zero-order valence-corrected chi connectivity index (χ0v) is 17.5. The minimum atomic E-state index is -1.02. The highest BCUT2D eigenvalue weighted by Crippen LogP contribution is 2.24. The largest absolute Gasteiger partial charge is 0.480 e. The minimum Gasteiger partial charge on any atom is -0.480 e. The quantitative estimate of drug-likeness (QED) is 0.246. The van der Waals surface area contributed by atoms with Crippen LogP contribution in [0.2, 0.25) is 0 Å². The summed E-state index contributed by atoms with van der Waals surface area (Å²) in [5.74, 6) is -1.37. The van der Waals surface area contributed by atoms with Crippen molar-refractivity contribution < 1.29 is 14.7 Å². The lowest BCUT2D eigenvalue weighted by molar-refractivity contribution is -0.139. The van der Waals surface area contributed by atoms with Gasteiger partial charge in [-0.25, -0.2) is 4.79 Å². The fraction of sp³-hybridized carbons (Fsp3) is 0.385. The van der Waals surface area contributed by atoms with Gasteiger partial charge in [-0.3, -0.25) is 4.79 Å². The van der Waals surface area contributed by atoms with Gasteiger partial charge in [0.25, 0.3) is 5.91 Å². The number of nitrogens with one attached hydrogen (secondary N) is 1. The molecule has 21 heavy (non-hydrogen) atoms. The van der Waals surface area contributed by atoms with Crippen molar-refractivity contribution in [2.45, 2.75) is 25.3 Å². The lowest BCUT2D eigenvalue weighted by atomic mass is 10.1. The molecule has 5 nitrogen and oxygen atoms in total. The number of carbonyl (C=O) groups excluding carboxylic acids is 1. The van der Waals surface area contributed by atoms with Crippen LogP contribution in [0.15, 0.2) is 12.1 Å². The molecule has 1 aromatic carbocycles. The first kappa shape index (κ1) is 19.4. The van der Waals surface area contributed by atoms with Crippen LogP contribution in [0.5, 0.6) is 0 Å². The molecule has 1 rings (SSSR count). The van der Waals surface area contributed by atoms with Gasteiger partial charge >= 0.3 is 5.97 Å². The van der Waals surface area contributed by atoms with Crippen LogP contribution in [0.25, 0.3) is 0 Å². The van der Waals surface area contributed by atoms with Crippen LogP contribution in [0.4, 0.5) is 0 Å². The summed E-state index contributed by atoms with van der Waals surface area (Å²) in [5.41, 5.74) is 5.90. The third kappa shape index (κ3) is 5.78. The Morgan fingerprint density at radius 2 is 1.86 bits per heavy atom. The SMILES string of the molecule is NCCCCC(NC(=O)c1ccc(I)c(I)c1I)C(=O)O. The molecule has 1 aromatic rings. The normalized spacial score (nSPS) is 12.0. The number of amides is 1. The predicted octanol–water partition coefficient (Wildman–Crippen LogP) is 2.81. The summed E-state index contributed by atoms with van der Waals surface area (Å²) in [6.07, 6.45) is 1.81. The molecule has 0 fully saturated rings. The molecule has 0 aromatic heterocycles. The number of carbonyl (C=O) groups is 2. The van der Waals surface area contributed by atoms with Crippen molar-refractivity contribution >= 4 is 79.6 Å². The second-order valence-corrected chi connectivity index (χ2v) is 7.69. The third-order valence-electron chi connectivity index (χ3n) is 2.83. The van der Waals surface area contributed by atoms with Gasteiger partial charge in [-0.2, -0.15) is 0 Å². The van der Waals surface area contributed by atoms with Gasteiger partial charge in [-0.1, -0.05) is 0 Å². The fourth-order valence-corrected chi connectivity index (χ4v) is 3.84. The Kier molecular flexibility index (Phi) is 8.71. The van der Waals surface area contributed by atoms with E-state index in [9.17, 15) is 14.7 Å². The van der Waals surface area contributed by atoms with E-state index in [1.807, 2.05) is 6.07 Å². The predicted molar refractivity (Wildman–Crippen MR) is 106 cm³/mol. The number of carboxylic acid groups (broad SMARTS) is 1. The van der Waals surface area contributed by atoms with E-state index in [0.717, 1.165) is 17.1 Å². The van der Waals surface area contributed by atoms with Crippen LogP contribution >= 0.6 is 67.8 Å². The average molecular weight is 628 g/mol. The molecule has 0 aliphatic carbocycles. The number of halogens is 3. The van der Waals surface area contributed by atoms with E-state index in [-0.39, 0.29) is 5.91 Å². The van der Waals surface area contributed by atoms with Gasteiger partial charge < -0.3 is 16.2 Å². The Morgan fingerprint density at radius 3 is 2.43 bits per heavy atom. The van der Waals surface area contributed by atoms with Crippen molar-refractivity contribution in [3.05, 3.63) is 28.4 Å². The number of hydrogen-bond acceptors (Lipinski definition) is 3. The first-order chi connectivity index (χ1) is 9.88. The topological polar surface area (TPSA) is 92.4 Å². The number of rotatable bonds is 7. The highest BCUT2D eigenvalue weighted by molar-refractivity contribution is 14.1. The molecule has 8 heteroatoms. The summed E-state index contributed by atoms with van der Waals surface area (Å²) in [6.45, 7) is 0.521. The number of unbranched alkanes of at least 4 members (excludes halogenated alkanes) is 1. The summed E-state index contributed by atoms with van der Waals surface area (Å²) < 4.78 is 2.90. The van der Waals surface area contributed by atoms with Gasteiger partial charge in [-0.15, -0.1) is 0 Å². The minimum absolute atomic E-state index is 0.353. The molecule has 0 bridgehead atoms. The molecule has 1 atom stereocenters. The average Bonchev–Trinajstić information content (AvgIpc) is 2.43. The molecular weight excluding hydrogens is 613 g/mol. The first-order valence-electron chi connectivity index (χ1n) is 6.25. The Balaban J connectivity index is 2.82. The van der Waals surface area contributed by atoms with Crippen LogP contribution in [0, 0.1) is 10.7 Å². The third-order valence-corrected chi connectivity index (χ3v) is 8.03. The fourth-order valence-electron chi connectivity index (χ4n) is 1.69. The summed E-state index contributed by atoms with van der Waals surface area (Å²) in [7, 11) is 0. The molecule has 0 heterocycles. The first-order valence-corrected chi connectivity index (χ1v) is 9.49. The second-order valence-electron chi connectivity index (χ2n) is 4.37. The van der Waals surface area contributed by atoms with Crippen LogP contribution in [0.1, 0.15) is 29.6 Å². The van der Waals surface area contributed by atoms with Crippen molar-refractivity contribution in [3.63, 3.8) is 0 Å². The van der Waals surface area contributed by atoms with E-state index in [0.29, 0.717) is 24.9 Å². The number of aliphatic carboxylic acids is 1. The van der Waals surface area contributed by atoms with Gasteiger partial charge in [0, 0.05) is 10.7 Å². The van der Waals surface area contributed by atoms with Crippen molar-refractivity contribution in [1.82, 2.24) is 5.32 Å². The summed E-state index contributed by atoms with van der Waals surface area (Å²) in [5, 5.41) is 11.8. The van der Waals surface area contributed by atoms with Crippen LogP contribution in [-0.2, 0) is 4.79 Å². The lowest BCUT2D eigenvalue weighted by Crippen LogP contribution is -2.41. The zero-order valence-electron chi connectivity index (χ0n) is 11.0. The van der Waals surface area contributed by atoms with Gasteiger partial charge in [-0.05, 0) is 106 Å². The Morgan fingerprint density at radius 1 is 1.19 bits per heavy atom. The molecule has 0 aliphatic heterocycles. The van der Waals surface area contributed by atoms with Crippen molar-refractivity contribution in [3.8, 4) is 0 Å². The van der Waals surface area contributed by atoms with Gasteiger partial charge in [0.2, 0.25) is 0 Å². The molecule has 1 unspecified atom stereocenters. The molecule has 1 amide bonds. The summed E-state index contributed by atoms with van der Waals surface area (Å²) in [4.78, 5) is 23.5. The number of hydrogen-bond donors (Lipinski definition) is 3. The molecular formula is C13H15I3N2O3. The van der Waals surface area contributed by atoms with E-state index in [4.69, 9.17) is 5.73 Å². The summed E-state index contributed by atoms with van der Waals surface area (Å²) in [6, 6.07) is 2.69. The van der Waals surface area contributed by atoms with Gasteiger partial charge in [0.15, 0.2) is 0 Å². The van der Waals surface area contributed by atoms with Crippen LogP contribution in [0.3, 0.4) is 0 Å². The van der Waals surface area contributed by atoms with Gasteiger partial charge in [0.1, 0.15) is 6.04 Å². The smallest absolute Gasteiger partial charge is 0.326 e. The molecule has 0 saturated carbocycles. The maximum absolute atomic E-state index is 12.3. The van der Waals surface area contributed by atoms with Crippen molar-refractivity contribution in [2.24, 2.45) is 5.73 Å². The molecule has 0 radical (unpaired) electrons. The lowest BCUT2D eigenvalue weighted by Gasteiger charge is -2.15. The van der Waals surface area contributed by atoms with E-state index in [1.54, 1.807) is 6.07 Å².